The molecule has 1 saturated heterocycles. The number of rotatable bonds is 11. The van der Waals surface area contributed by atoms with Crippen LogP contribution in [0.25, 0.3) is 11.0 Å². The number of ether oxygens (including phenoxy) is 1. The first-order chi connectivity index (χ1) is 15.8. The van der Waals surface area contributed by atoms with E-state index in [4.69, 9.17) is 10.5 Å². The number of nitrogens with two attached hydrogens (primary N) is 1. The number of hydrogen-bond donors (Lipinski definition) is 2. The van der Waals surface area contributed by atoms with Crippen molar-refractivity contribution in [3.8, 4) is 0 Å². The molecule has 1 aromatic carbocycles. The molecule has 3 amide bonds. The summed E-state index contributed by atoms with van der Waals surface area (Å²) in [6.45, 7) is 2.11. The van der Waals surface area contributed by atoms with Gasteiger partial charge in [-0.3, -0.25) is 28.8 Å². The Balaban J connectivity index is 0.00000408. The Morgan fingerprint density at radius 2 is 1.97 bits per heavy atom. The highest BCUT2D eigenvalue weighted by molar-refractivity contribution is 6.00. The minimum atomic E-state index is -0.682. The van der Waals surface area contributed by atoms with E-state index < -0.39 is 11.9 Å². The molecule has 188 valence electrons. The maximum Gasteiger partial charge on any atom is 0.329 e. The summed E-state index contributed by atoms with van der Waals surface area (Å²) in [5.74, 6) is -0.667. The lowest BCUT2D eigenvalue weighted by Gasteiger charge is -2.21. The molecule has 1 aliphatic rings. The highest BCUT2D eigenvalue weighted by Gasteiger charge is 2.31. The van der Waals surface area contributed by atoms with E-state index in [2.05, 4.69) is 5.32 Å². The van der Waals surface area contributed by atoms with Crippen LogP contribution in [0.5, 0.6) is 0 Å². The van der Waals surface area contributed by atoms with Gasteiger partial charge in [-0.05, 0) is 49.9 Å². The van der Waals surface area contributed by atoms with Crippen LogP contribution in [-0.4, -0.2) is 65.1 Å². The van der Waals surface area contributed by atoms with Gasteiger partial charge >= 0.3 is 5.69 Å². The molecule has 3 N–H and O–H groups in total. The lowest BCUT2D eigenvalue weighted by atomic mass is 10.1. The molecule has 11 heteroatoms. The fourth-order valence-electron chi connectivity index (χ4n) is 4.04. The summed E-state index contributed by atoms with van der Waals surface area (Å²) in [6.07, 6.45) is 3.27. The van der Waals surface area contributed by atoms with E-state index in [9.17, 15) is 19.2 Å². The van der Waals surface area contributed by atoms with E-state index >= 15 is 0 Å². The lowest BCUT2D eigenvalue weighted by molar-refractivity contribution is -0.135. The zero-order valence-electron chi connectivity index (χ0n) is 19.7. The van der Waals surface area contributed by atoms with Crippen LogP contribution in [0.1, 0.15) is 43.7 Å². The standard InChI is InChI=1S/C23H33N5O5.ClH/c1-26(21(30)6-3-11-24)12-14-33-13-4-5-16-7-8-17-19(15-16)27(2)23(32)28(17)18-9-10-20(29)25-22(18)31;/h7-8,15,18H,3-6,9-14,24H2,1-2H3,(H,25,29,31);1H. The molecular formula is C23H34ClN5O5. The van der Waals surface area contributed by atoms with Crippen molar-refractivity contribution >= 4 is 41.2 Å². The monoisotopic (exact) mass is 495 g/mol. The first-order valence-electron chi connectivity index (χ1n) is 11.4. The van der Waals surface area contributed by atoms with Crippen molar-refractivity contribution in [3.05, 3.63) is 34.2 Å². The number of halogens is 1. The molecule has 1 aliphatic heterocycles. The average molecular weight is 496 g/mol. The van der Waals surface area contributed by atoms with Crippen molar-refractivity contribution in [2.24, 2.45) is 12.8 Å². The normalized spacial score (nSPS) is 15.8. The van der Waals surface area contributed by atoms with Crippen LogP contribution in [0.4, 0.5) is 0 Å². The van der Waals surface area contributed by atoms with Crippen LogP contribution in [0.2, 0.25) is 0 Å². The molecular weight excluding hydrogens is 462 g/mol. The maximum absolute atomic E-state index is 12.8. The van der Waals surface area contributed by atoms with Crippen molar-refractivity contribution in [2.45, 2.75) is 44.6 Å². The number of piperidine rings is 1. The second-order valence-corrected chi connectivity index (χ2v) is 8.43. The molecule has 1 aromatic heterocycles. The van der Waals surface area contributed by atoms with Crippen molar-refractivity contribution < 1.29 is 19.1 Å². The summed E-state index contributed by atoms with van der Waals surface area (Å²) in [6, 6.07) is 5.09. The minimum absolute atomic E-state index is 0. The van der Waals surface area contributed by atoms with E-state index in [1.54, 1.807) is 19.0 Å². The predicted molar refractivity (Wildman–Crippen MR) is 131 cm³/mol. The molecule has 0 saturated carbocycles. The summed E-state index contributed by atoms with van der Waals surface area (Å²) < 4.78 is 8.68. The van der Waals surface area contributed by atoms with Gasteiger partial charge in [-0.2, -0.15) is 0 Å². The highest BCUT2D eigenvalue weighted by atomic mass is 35.5. The topological polar surface area (TPSA) is 129 Å². The van der Waals surface area contributed by atoms with Crippen LogP contribution in [0.3, 0.4) is 0 Å². The number of nitrogens with zero attached hydrogens (tertiary/aromatic N) is 3. The first-order valence-corrected chi connectivity index (χ1v) is 11.4. The number of imidazole rings is 1. The Morgan fingerprint density at radius 1 is 1.21 bits per heavy atom. The molecule has 0 radical (unpaired) electrons. The summed E-state index contributed by atoms with van der Waals surface area (Å²) in [7, 11) is 3.45. The van der Waals surface area contributed by atoms with E-state index in [1.165, 1.54) is 9.13 Å². The fourth-order valence-corrected chi connectivity index (χ4v) is 4.04. The fraction of sp³-hybridized carbons (Fsp3) is 0.565. The van der Waals surface area contributed by atoms with E-state index in [0.717, 1.165) is 23.9 Å². The van der Waals surface area contributed by atoms with Crippen LogP contribution >= 0.6 is 12.4 Å². The Kier molecular flexibility index (Phi) is 10.3. The number of carbonyl (C=O) groups excluding carboxylic acids is 3. The molecule has 3 rings (SSSR count). The zero-order chi connectivity index (χ0) is 24.0. The number of aryl methyl sites for hydroxylation is 2. The second kappa shape index (κ2) is 12.7. The molecule has 1 unspecified atom stereocenters. The maximum atomic E-state index is 12.8. The van der Waals surface area contributed by atoms with Crippen molar-refractivity contribution in [1.29, 1.82) is 0 Å². The number of imide groups is 1. The average Bonchev–Trinajstić information content (AvgIpc) is 3.04. The van der Waals surface area contributed by atoms with Crippen molar-refractivity contribution in [3.63, 3.8) is 0 Å². The molecule has 0 aliphatic carbocycles. The van der Waals surface area contributed by atoms with Crippen molar-refractivity contribution in [1.82, 2.24) is 19.4 Å². The third kappa shape index (κ3) is 6.46. The summed E-state index contributed by atoms with van der Waals surface area (Å²) in [4.78, 5) is 50.1. The number of hydrogen-bond acceptors (Lipinski definition) is 6. The number of aromatic nitrogens is 2. The number of amides is 3. The zero-order valence-corrected chi connectivity index (χ0v) is 20.6. The third-order valence-corrected chi connectivity index (χ3v) is 6.02. The van der Waals surface area contributed by atoms with Crippen LogP contribution in [0.15, 0.2) is 23.0 Å². The highest BCUT2D eigenvalue weighted by Crippen LogP contribution is 2.24. The predicted octanol–water partition coefficient (Wildman–Crippen LogP) is 0.886. The minimum Gasteiger partial charge on any atom is -0.380 e. The Hall–Kier alpha value is -2.69. The third-order valence-electron chi connectivity index (χ3n) is 6.02. The largest absolute Gasteiger partial charge is 0.380 e. The lowest BCUT2D eigenvalue weighted by Crippen LogP contribution is -2.44. The summed E-state index contributed by atoms with van der Waals surface area (Å²) in [5.41, 5.74) is 7.65. The summed E-state index contributed by atoms with van der Waals surface area (Å²) >= 11 is 0. The molecule has 1 atom stereocenters. The smallest absolute Gasteiger partial charge is 0.329 e. The number of likely N-dealkylation sites (N-methyl/N-ethyl adjacent to an activating group) is 1. The van der Waals surface area contributed by atoms with Gasteiger partial charge < -0.3 is 15.4 Å². The van der Waals surface area contributed by atoms with Gasteiger partial charge in [0, 0.05) is 40.1 Å². The van der Waals surface area contributed by atoms with Crippen LogP contribution in [0, 0.1) is 0 Å². The van der Waals surface area contributed by atoms with Gasteiger partial charge in [0.2, 0.25) is 17.7 Å². The molecule has 0 bridgehead atoms. The van der Waals surface area contributed by atoms with Gasteiger partial charge in [-0.15, -0.1) is 12.4 Å². The molecule has 0 spiro atoms. The van der Waals surface area contributed by atoms with Crippen LogP contribution in [-0.2, 0) is 32.6 Å². The van der Waals surface area contributed by atoms with Gasteiger partial charge in [0.25, 0.3) is 0 Å². The number of fused-ring (bicyclic) bond motifs is 1. The SMILES string of the molecule is CN(CCOCCCc1ccc2c(c1)n(C)c(=O)n2C1CCC(=O)NC1=O)C(=O)CCCN.Cl. The molecule has 2 aromatic rings. The van der Waals surface area contributed by atoms with Gasteiger partial charge in [0.15, 0.2) is 0 Å². The van der Waals surface area contributed by atoms with E-state index in [1.807, 2.05) is 18.2 Å². The summed E-state index contributed by atoms with van der Waals surface area (Å²) in [5, 5.41) is 2.32. The second-order valence-electron chi connectivity index (χ2n) is 8.43. The molecule has 10 nitrogen and oxygen atoms in total. The number of benzene rings is 1. The van der Waals surface area contributed by atoms with Gasteiger partial charge in [0.1, 0.15) is 6.04 Å². The Morgan fingerprint density at radius 3 is 2.68 bits per heavy atom. The van der Waals surface area contributed by atoms with E-state index in [0.29, 0.717) is 51.1 Å². The molecule has 2 heterocycles. The molecule has 1 fully saturated rings. The van der Waals surface area contributed by atoms with Crippen molar-refractivity contribution in [2.75, 3.05) is 33.4 Å². The Bertz CT molecular complexity index is 1080. The van der Waals surface area contributed by atoms with Gasteiger partial charge in [-0.25, -0.2) is 4.79 Å². The quantitative estimate of drug-likeness (QED) is 0.352. The number of carbonyl (C=O) groups is 3. The van der Waals surface area contributed by atoms with Gasteiger partial charge in [0.05, 0.1) is 17.6 Å². The number of nitrogens with one attached hydrogen (secondary N) is 1. The first kappa shape index (κ1) is 27.6. The molecule has 34 heavy (non-hydrogen) atoms. The van der Waals surface area contributed by atoms with Crippen LogP contribution < -0.4 is 16.7 Å². The van der Waals surface area contributed by atoms with Gasteiger partial charge in [-0.1, -0.05) is 6.07 Å². The Labute approximate surface area is 204 Å². The van der Waals surface area contributed by atoms with E-state index in [-0.39, 0.29) is 36.3 Å².